The molecule has 0 radical (unpaired) electrons. The number of aromatic nitrogens is 2. The number of nitrogens with zero attached hydrogens (tertiary/aromatic N) is 3. The highest BCUT2D eigenvalue weighted by molar-refractivity contribution is 7.92. The molecule has 1 aliphatic rings. The Balaban J connectivity index is 1.41. The lowest BCUT2D eigenvalue weighted by atomic mass is 10.1. The normalized spacial score (nSPS) is 16.9. The summed E-state index contributed by atoms with van der Waals surface area (Å²) in [5.41, 5.74) is 1.59. The van der Waals surface area contributed by atoms with E-state index in [1.54, 1.807) is 59.8 Å². The third-order valence-electron chi connectivity index (χ3n) is 5.12. The summed E-state index contributed by atoms with van der Waals surface area (Å²) >= 11 is 0. The quantitative estimate of drug-likeness (QED) is 0.645. The Morgan fingerprint density at radius 3 is 2.52 bits per heavy atom. The number of rotatable bonds is 5. The maximum atomic E-state index is 13.1. The van der Waals surface area contributed by atoms with Gasteiger partial charge in [-0.25, -0.2) is 12.8 Å². The molecule has 6 nitrogen and oxygen atoms in total. The van der Waals surface area contributed by atoms with Crippen molar-refractivity contribution in [2.45, 2.75) is 23.1 Å². The molecule has 1 unspecified atom stereocenters. The molecule has 1 saturated heterocycles. The second-order valence-corrected chi connectivity index (χ2v) is 9.27. The van der Waals surface area contributed by atoms with E-state index in [1.807, 2.05) is 0 Å². The summed E-state index contributed by atoms with van der Waals surface area (Å²) in [6.07, 6.45) is 3.76. The monoisotopic (exact) mass is 413 g/mol. The standard InChI is InChI=1S/C21H20FN3O3S/c22-18-8-6-16(7-9-18)17-12-23-25(13-17)15-21(26)24-11-10-20(14-24)29(27,28)19-4-2-1-3-5-19/h1-9,12-13,20H,10-11,14-15H2. The van der Waals surface area contributed by atoms with Gasteiger partial charge in [0.05, 0.1) is 16.3 Å². The van der Waals surface area contributed by atoms with Gasteiger partial charge in [0.1, 0.15) is 12.4 Å². The van der Waals surface area contributed by atoms with E-state index in [0.29, 0.717) is 13.0 Å². The molecule has 0 N–H and O–H groups in total. The Bertz CT molecular complexity index is 1110. The molecule has 1 fully saturated rings. The van der Waals surface area contributed by atoms with Crippen LogP contribution in [0.3, 0.4) is 0 Å². The van der Waals surface area contributed by atoms with Gasteiger partial charge in [-0.05, 0) is 36.2 Å². The number of benzene rings is 2. The number of hydrogen-bond donors (Lipinski definition) is 0. The van der Waals surface area contributed by atoms with Gasteiger partial charge in [0, 0.05) is 24.8 Å². The van der Waals surface area contributed by atoms with E-state index in [9.17, 15) is 17.6 Å². The van der Waals surface area contributed by atoms with Crippen molar-refractivity contribution >= 4 is 15.7 Å². The minimum Gasteiger partial charge on any atom is -0.340 e. The summed E-state index contributed by atoms with van der Waals surface area (Å²) in [7, 11) is -3.46. The van der Waals surface area contributed by atoms with Crippen LogP contribution in [0.5, 0.6) is 0 Å². The topological polar surface area (TPSA) is 72.3 Å². The summed E-state index contributed by atoms with van der Waals surface area (Å²) in [5.74, 6) is -0.491. The van der Waals surface area contributed by atoms with Gasteiger partial charge in [0.15, 0.2) is 9.84 Å². The zero-order chi connectivity index (χ0) is 20.4. The van der Waals surface area contributed by atoms with E-state index in [-0.39, 0.29) is 29.7 Å². The first kappa shape index (κ1) is 19.3. The van der Waals surface area contributed by atoms with Crippen molar-refractivity contribution < 1.29 is 17.6 Å². The van der Waals surface area contributed by atoms with Crippen LogP contribution in [-0.4, -0.2) is 47.3 Å². The number of carbonyl (C=O) groups excluding carboxylic acids is 1. The van der Waals surface area contributed by atoms with Crippen LogP contribution in [0.2, 0.25) is 0 Å². The van der Waals surface area contributed by atoms with Gasteiger partial charge in [-0.3, -0.25) is 9.48 Å². The number of likely N-dealkylation sites (tertiary alicyclic amines) is 1. The van der Waals surface area contributed by atoms with E-state index in [0.717, 1.165) is 11.1 Å². The Hall–Kier alpha value is -3.00. The van der Waals surface area contributed by atoms with Gasteiger partial charge in [0.25, 0.3) is 0 Å². The number of carbonyl (C=O) groups is 1. The second kappa shape index (κ2) is 7.79. The molecule has 1 amide bonds. The fraction of sp³-hybridized carbons (Fsp3) is 0.238. The van der Waals surface area contributed by atoms with Crippen LogP contribution in [0, 0.1) is 5.82 Å². The molecule has 1 atom stereocenters. The smallest absolute Gasteiger partial charge is 0.244 e. The molecular weight excluding hydrogens is 393 g/mol. The van der Waals surface area contributed by atoms with Crippen molar-refractivity contribution in [3.63, 3.8) is 0 Å². The molecule has 4 rings (SSSR count). The highest BCUT2D eigenvalue weighted by Gasteiger charge is 2.36. The molecule has 2 aromatic carbocycles. The Kier molecular flexibility index (Phi) is 5.19. The fourth-order valence-corrected chi connectivity index (χ4v) is 5.20. The predicted molar refractivity (Wildman–Crippen MR) is 106 cm³/mol. The van der Waals surface area contributed by atoms with Gasteiger partial charge in [-0.1, -0.05) is 30.3 Å². The fourth-order valence-electron chi connectivity index (χ4n) is 3.49. The molecule has 0 bridgehead atoms. The number of halogens is 1. The molecule has 0 saturated carbocycles. The Morgan fingerprint density at radius 2 is 1.79 bits per heavy atom. The molecule has 1 aromatic heterocycles. The van der Waals surface area contributed by atoms with Crippen LogP contribution in [-0.2, 0) is 21.2 Å². The minimum absolute atomic E-state index is 0.0271. The first-order chi connectivity index (χ1) is 13.9. The van der Waals surface area contributed by atoms with Gasteiger partial charge in [0.2, 0.25) is 5.91 Å². The predicted octanol–water partition coefficient (Wildman–Crippen LogP) is 2.76. The summed E-state index contributed by atoms with van der Waals surface area (Å²) in [6, 6.07) is 14.4. The van der Waals surface area contributed by atoms with Gasteiger partial charge in [-0.2, -0.15) is 5.10 Å². The van der Waals surface area contributed by atoms with Crippen molar-refractivity contribution in [3.05, 3.63) is 72.8 Å². The Labute approximate surface area is 168 Å². The van der Waals surface area contributed by atoms with Gasteiger partial charge in [-0.15, -0.1) is 0 Å². The molecule has 3 aromatic rings. The molecule has 0 aliphatic carbocycles. The number of hydrogen-bond acceptors (Lipinski definition) is 4. The molecule has 8 heteroatoms. The zero-order valence-corrected chi connectivity index (χ0v) is 16.4. The second-order valence-electron chi connectivity index (χ2n) is 7.04. The average Bonchev–Trinajstić information content (AvgIpc) is 3.39. The lowest BCUT2D eigenvalue weighted by molar-refractivity contribution is -0.130. The molecular formula is C21H20FN3O3S. The highest BCUT2D eigenvalue weighted by Crippen LogP contribution is 2.24. The van der Waals surface area contributed by atoms with Crippen LogP contribution in [0.25, 0.3) is 11.1 Å². The molecule has 29 heavy (non-hydrogen) atoms. The van der Waals surface area contributed by atoms with Crippen molar-refractivity contribution in [2.75, 3.05) is 13.1 Å². The maximum Gasteiger partial charge on any atom is 0.244 e. The first-order valence-corrected chi connectivity index (χ1v) is 10.8. The number of sulfone groups is 1. The zero-order valence-electron chi connectivity index (χ0n) is 15.6. The van der Waals surface area contributed by atoms with E-state index >= 15 is 0 Å². The lowest BCUT2D eigenvalue weighted by Gasteiger charge is -2.17. The van der Waals surface area contributed by atoms with E-state index in [1.165, 1.54) is 16.8 Å². The van der Waals surface area contributed by atoms with E-state index in [2.05, 4.69) is 5.10 Å². The molecule has 2 heterocycles. The van der Waals surface area contributed by atoms with Crippen LogP contribution in [0.1, 0.15) is 6.42 Å². The van der Waals surface area contributed by atoms with Crippen LogP contribution >= 0.6 is 0 Å². The SMILES string of the molecule is O=C(Cn1cc(-c2ccc(F)cc2)cn1)N1CCC(S(=O)(=O)c2ccccc2)C1. The van der Waals surface area contributed by atoms with Crippen LogP contribution in [0.4, 0.5) is 4.39 Å². The highest BCUT2D eigenvalue weighted by atomic mass is 32.2. The maximum absolute atomic E-state index is 13.1. The minimum atomic E-state index is -3.46. The average molecular weight is 413 g/mol. The lowest BCUT2D eigenvalue weighted by Crippen LogP contribution is -2.34. The van der Waals surface area contributed by atoms with Gasteiger partial charge < -0.3 is 4.90 Å². The van der Waals surface area contributed by atoms with Crippen LogP contribution in [0.15, 0.2) is 71.9 Å². The summed E-state index contributed by atoms with van der Waals surface area (Å²) in [4.78, 5) is 14.5. The summed E-state index contributed by atoms with van der Waals surface area (Å²) < 4.78 is 40.1. The van der Waals surface area contributed by atoms with Crippen LogP contribution < -0.4 is 0 Å². The Morgan fingerprint density at radius 1 is 1.07 bits per heavy atom. The van der Waals surface area contributed by atoms with Crippen molar-refractivity contribution in [2.24, 2.45) is 0 Å². The summed E-state index contributed by atoms with van der Waals surface area (Å²) in [5, 5.41) is 3.60. The van der Waals surface area contributed by atoms with Crippen molar-refractivity contribution in [1.29, 1.82) is 0 Å². The van der Waals surface area contributed by atoms with E-state index < -0.39 is 15.1 Å². The van der Waals surface area contributed by atoms with Crippen molar-refractivity contribution in [1.82, 2.24) is 14.7 Å². The van der Waals surface area contributed by atoms with Crippen molar-refractivity contribution in [3.8, 4) is 11.1 Å². The molecule has 150 valence electrons. The molecule has 0 spiro atoms. The number of amides is 1. The summed E-state index contributed by atoms with van der Waals surface area (Å²) in [6.45, 7) is 0.614. The van der Waals surface area contributed by atoms with Gasteiger partial charge >= 0.3 is 0 Å². The van der Waals surface area contributed by atoms with E-state index in [4.69, 9.17) is 0 Å². The third kappa shape index (κ3) is 4.07. The largest absolute Gasteiger partial charge is 0.340 e. The first-order valence-electron chi connectivity index (χ1n) is 9.28. The third-order valence-corrected chi connectivity index (χ3v) is 7.31. The molecule has 1 aliphatic heterocycles.